The van der Waals surface area contributed by atoms with Crippen LogP contribution < -0.4 is 0 Å². The molecule has 0 saturated heterocycles. The van der Waals surface area contributed by atoms with Gasteiger partial charge in [0.05, 0.1) is 24.7 Å². The smallest absolute Gasteiger partial charge is 0.409 e. The minimum absolute atomic E-state index is 0.198. The average Bonchev–Trinajstić information content (AvgIpc) is 3.25. The minimum Gasteiger partial charge on any atom is -0.453 e. The Morgan fingerprint density at radius 1 is 1.09 bits per heavy atom. The van der Waals surface area contributed by atoms with Crippen molar-refractivity contribution in [3.8, 4) is 11.4 Å². The Kier molecular flexibility index (Phi) is 5.35. The summed E-state index contributed by atoms with van der Waals surface area (Å²) in [5.74, 6) is 0.925. The molecular formula is C26H26N4O2. The van der Waals surface area contributed by atoms with Gasteiger partial charge in [-0.05, 0) is 49.1 Å². The number of pyridine rings is 1. The number of benzene rings is 2. The summed E-state index contributed by atoms with van der Waals surface area (Å²) < 4.78 is 7.30. The van der Waals surface area contributed by atoms with E-state index in [1.807, 2.05) is 18.2 Å². The summed E-state index contributed by atoms with van der Waals surface area (Å²) in [5, 5.41) is 0. The highest BCUT2D eigenvalue weighted by Crippen LogP contribution is 2.34. The number of imidazole rings is 1. The molecule has 0 spiro atoms. The fraction of sp³-hybridized carbons (Fsp3) is 0.269. The summed E-state index contributed by atoms with van der Waals surface area (Å²) in [4.78, 5) is 23.3. The van der Waals surface area contributed by atoms with Crippen LogP contribution in [-0.2, 0) is 24.1 Å². The number of nitrogens with zero attached hydrogens (tertiary/aromatic N) is 4. The lowest BCUT2D eigenvalue weighted by atomic mass is 9.98. The SMILES string of the molecule is COC(=O)N1CCc2ccc3c(nc(-c4ccncc4)n3[C@@H](C)Cc3ccccc3)c2C1. The Morgan fingerprint density at radius 2 is 1.88 bits per heavy atom. The molecule has 1 amide bonds. The van der Waals surface area contributed by atoms with E-state index in [2.05, 4.69) is 52.9 Å². The van der Waals surface area contributed by atoms with Crippen molar-refractivity contribution in [2.45, 2.75) is 32.4 Å². The van der Waals surface area contributed by atoms with E-state index < -0.39 is 0 Å². The number of aromatic nitrogens is 3. The van der Waals surface area contributed by atoms with Crippen LogP contribution in [0.2, 0.25) is 0 Å². The van der Waals surface area contributed by atoms with Crippen LogP contribution in [0.15, 0.2) is 67.0 Å². The number of hydrogen-bond donors (Lipinski definition) is 0. The number of amides is 1. The zero-order valence-corrected chi connectivity index (χ0v) is 18.4. The van der Waals surface area contributed by atoms with E-state index >= 15 is 0 Å². The number of rotatable bonds is 4. The van der Waals surface area contributed by atoms with Gasteiger partial charge in [-0.3, -0.25) is 4.98 Å². The second-order valence-electron chi connectivity index (χ2n) is 8.29. The first-order chi connectivity index (χ1) is 15.7. The Balaban J connectivity index is 1.65. The molecule has 6 nitrogen and oxygen atoms in total. The zero-order chi connectivity index (χ0) is 22.1. The number of methoxy groups -OCH3 is 1. The minimum atomic E-state index is -0.293. The predicted molar refractivity (Wildman–Crippen MR) is 124 cm³/mol. The van der Waals surface area contributed by atoms with Gasteiger partial charge in [0.1, 0.15) is 5.82 Å². The first kappa shape index (κ1) is 20.2. The summed E-state index contributed by atoms with van der Waals surface area (Å²) in [6.07, 6.45) is 5.01. The maximum absolute atomic E-state index is 12.2. The van der Waals surface area contributed by atoms with Crippen LogP contribution in [0.4, 0.5) is 4.79 Å². The van der Waals surface area contributed by atoms with Gasteiger partial charge in [-0.2, -0.15) is 0 Å². The van der Waals surface area contributed by atoms with Gasteiger partial charge in [0, 0.05) is 36.1 Å². The number of hydrogen-bond acceptors (Lipinski definition) is 4. The van der Waals surface area contributed by atoms with Crippen LogP contribution in [0.1, 0.15) is 29.7 Å². The molecule has 3 heterocycles. The summed E-state index contributed by atoms with van der Waals surface area (Å²) >= 11 is 0. The summed E-state index contributed by atoms with van der Waals surface area (Å²) in [7, 11) is 1.43. The fourth-order valence-electron chi connectivity index (χ4n) is 4.68. The molecule has 0 aliphatic carbocycles. The van der Waals surface area contributed by atoms with E-state index in [1.165, 1.54) is 18.2 Å². The van der Waals surface area contributed by atoms with Gasteiger partial charge in [0.15, 0.2) is 0 Å². The van der Waals surface area contributed by atoms with Gasteiger partial charge in [-0.1, -0.05) is 36.4 Å². The molecule has 4 aromatic rings. The topological polar surface area (TPSA) is 60.2 Å². The Morgan fingerprint density at radius 3 is 2.62 bits per heavy atom. The van der Waals surface area contributed by atoms with Crippen molar-refractivity contribution in [1.82, 2.24) is 19.4 Å². The largest absolute Gasteiger partial charge is 0.453 e. The molecule has 1 atom stereocenters. The summed E-state index contributed by atoms with van der Waals surface area (Å²) in [6, 6.07) is 19.1. The fourth-order valence-corrected chi connectivity index (χ4v) is 4.68. The van der Waals surface area contributed by atoms with Crippen molar-refractivity contribution in [1.29, 1.82) is 0 Å². The van der Waals surface area contributed by atoms with Crippen molar-refractivity contribution in [2.24, 2.45) is 0 Å². The van der Waals surface area contributed by atoms with Crippen LogP contribution in [0, 0.1) is 0 Å². The normalized spacial score (nSPS) is 14.2. The zero-order valence-electron chi connectivity index (χ0n) is 18.4. The molecule has 32 heavy (non-hydrogen) atoms. The monoisotopic (exact) mass is 426 g/mol. The Hall–Kier alpha value is -3.67. The maximum Gasteiger partial charge on any atom is 0.409 e. The summed E-state index contributed by atoms with van der Waals surface area (Å²) in [5.41, 5.74) is 6.73. The van der Waals surface area contributed by atoms with E-state index in [9.17, 15) is 4.79 Å². The first-order valence-corrected chi connectivity index (χ1v) is 11.0. The maximum atomic E-state index is 12.2. The highest BCUT2D eigenvalue weighted by atomic mass is 16.5. The molecule has 162 valence electrons. The number of carbonyl (C=O) groups excluding carboxylic acids is 1. The molecule has 2 aromatic carbocycles. The highest BCUT2D eigenvalue weighted by Gasteiger charge is 2.26. The number of ether oxygens (including phenoxy) is 1. The molecule has 0 unspecified atom stereocenters. The highest BCUT2D eigenvalue weighted by molar-refractivity contribution is 5.85. The van der Waals surface area contributed by atoms with Gasteiger partial charge >= 0.3 is 6.09 Å². The molecular weight excluding hydrogens is 400 g/mol. The number of carbonyl (C=O) groups is 1. The molecule has 6 heteroatoms. The molecule has 0 fully saturated rings. The predicted octanol–water partition coefficient (Wildman–Crippen LogP) is 5.03. The average molecular weight is 427 g/mol. The third-order valence-corrected chi connectivity index (χ3v) is 6.25. The quantitative estimate of drug-likeness (QED) is 0.459. The lowest BCUT2D eigenvalue weighted by Crippen LogP contribution is -2.35. The van der Waals surface area contributed by atoms with Crippen molar-refractivity contribution >= 4 is 17.1 Å². The molecule has 0 bridgehead atoms. The van der Waals surface area contributed by atoms with E-state index in [-0.39, 0.29) is 12.1 Å². The van der Waals surface area contributed by atoms with Crippen molar-refractivity contribution < 1.29 is 9.53 Å². The number of fused-ring (bicyclic) bond motifs is 3. The standard InChI is InChI=1S/C26H26N4O2/c1-18(16-19-6-4-3-5-7-19)30-23-9-8-20-12-15-29(26(31)32-2)17-22(20)24(23)28-25(30)21-10-13-27-14-11-21/h3-11,13-14,18H,12,15-17H2,1-2H3/t18-/m0/s1. The van der Waals surface area contributed by atoms with Crippen LogP contribution >= 0.6 is 0 Å². The van der Waals surface area contributed by atoms with Gasteiger partial charge in [-0.25, -0.2) is 9.78 Å². The van der Waals surface area contributed by atoms with E-state index in [1.54, 1.807) is 17.3 Å². The van der Waals surface area contributed by atoms with Gasteiger partial charge < -0.3 is 14.2 Å². The van der Waals surface area contributed by atoms with E-state index in [0.717, 1.165) is 40.8 Å². The van der Waals surface area contributed by atoms with Crippen LogP contribution in [0.25, 0.3) is 22.4 Å². The van der Waals surface area contributed by atoms with Crippen LogP contribution in [0.3, 0.4) is 0 Å². The van der Waals surface area contributed by atoms with E-state index in [0.29, 0.717) is 13.1 Å². The first-order valence-electron chi connectivity index (χ1n) is 11.0. The van der Waals surface area contributed by atoms with Gasteiger partial charge in [-0.15, -0.1) is 0 Å². The second kappa shape index (κ2) is 8.46. The molecule has 1 aliphatic rings. The van der Waals surface area contributed by atoms with Crippen LogP contribution in [-0.4, -0.2) is 39.2 Å². The Bertz CT molecular complexity index is 1250. The molecule has 0 saturated carbocycles. The third-order valence-electron chi connectivity index (χ3n) is 6.25. The Labute approximate surface area is 187 Å². The van der Waals surface area contributed by atoms with E-state index in [4.69, 9.17) is 9.72 Å². The third kappa shape index (κ3) is 3.62. The van der Waals surface area contributed by atoms with Crippen molar-refractivity contribution in [3.63, 3.8) is 0 Å². The lowest BCUT2D eigenvalue weighted by molar-refractivity contribution is 0.119. The molecule has 2 aromatic heterocycles. The molecule has 5 rings (SSSR count). The summed E-state index contributed by atoms with van der Waals surface area (Å²) in [6.45, 7) is 3.41. The molecule has 0 radical (unpaired) electrons. The second-order valence-corrected chi connectivity index (χ2v) is 8.29. The van der Waals surface area contributed by atoms with Crippen molar-refractivity contribution in [3.05, 3.63) is 83.7 Å². The lowest BCUT2D eigenvalue weighted by Gasteiger charge is -2.28. The van der Waals surface area contributed by atoms with Gasteiger partial charge in [0.2, 0.25) is 0 Å². The molecule has 1 aliphatic heterocycles. The van der Waals surface area contributed by atoms with Crippen LogP contribution in [0.5, 0.6) is 0 Å². The molecule has 0 N–H and O–H groups in total. The van der Waals surface area contributed by atoms with Crippen molar-refractivity contribution in [2.75, 3.05) is 13.7 Å². The van der Waals surface area contributed by atoms with Gasteiger partial charge in [0.25, 0.3) is 0 Å².